The van der Waals surface area contributed by atoms with Crippen LogP contribution < -0.4 is 5.32 Å². The zero-order valence-corrected chi connectivity index (χ0v) is 10.3. The standard InChI is InChI=1S/C12H15ClFNO/c1-7(2)11(12(13)16)15-10-5-4-8(3)6-9(10)14/h4-7,11,15H,1-3H3. The number of anilines is 1. The Morgan fingerprint density at radius 3 is 2.50 bits per heavy atom. The van der Waals surface area contributed by atoms with Gasteiger partial charge in [0, 0.05) is 0 Å². The summed E-state index contributed by atoms with van der Waals surface area (Å²) in [5.41, 5.74) is 1.14. The van der Waals surface area contributed by atoms with Crippen molar-refractivity contribution >= 4 is 22.5 Å². The predicted octanol–water partition coefficient (Wildman–Crippen LogP) is 3.34. The van der Waals surface area contributed by atoms with Crippen molar-refractivity contribution < 1.29 is 9.18 Å². The first-order valence-corrected chi connectivity index (χ1v) is 5.51. The van der Waals surface area contributed by atoms with Crippen LogP contribution in [0.4, 0.5) is 10.1 Å². The van der Waals surface area contributed by atoms with E-state index < -0.39 is 11.3 Å². The lowest BCUT2D eigenvalue weighted by molar-refractivity contribution is -0.113. The van der Waals surface area contributed by atoms with Crippen LogP contribution >= 0.6 is 11.6 Å². The van der Waals surface area contributed by atoms with E-state index >= 15 is 0 Å². The van der Waals surface area contributed by atoms with Crippen LogP contribution in [0, 0.1) is 18.7 Å². The number of benzene rings is 1. The highest BCUT2D eigenvalue weighted by atomic mass is 35.5. The molecule has 88 valence electrons. The van der Waals surface area contributed by atoms with E-state index in [4.69, 9.17) is 11.6 Å². The lowest BCUT2D eigenvalue weighted by Crippen LogP contribution is -2.31. The maximum atomic E-state index is 13.5. The third kappa shape index (κ3) is 3.20. The molecule has 1 N–H and O–H groups in total. The van der Waals surface area contributed by atoms with Gasteiger partial charge in [0.15, 0.2) is 0 Å². The van der Waals surface area contributed by atoms with Crippen molar-refractivity contribution in [3.8, 4) is 0 Å². The van der Waals surface area contributed by atoms with E-state index in [1.54, 1.807) is 19.1 Å². The number of nitrogens with one attached hydrogen (secondary N) is 1. The first kappa shape index (κ1) is 13.0. The molecule has 16 heavy (non-hydrogen) atoms. The number of hydrogen-bond donors (Lipinski definition) is 1. The van der Waals surface area contributed by atoms with Crippen LogP contribution in [-0.2, 0) is 4.79 Å². The minimum atomic E-state index is -0.570. The third-order valence-corrected chi connectivity index (χ3v) is 2.58. The van der Waals surface area contributed by atoms with E-state index in [0.717, 1.165) is 5.56 Å². The fourth-order valence-electron chi connectivity index (χ4n) is 1.39. The summed E-state index contributed by atoms with van der Waals surface area (Å²) in [4.78, 5) is 11.1. The summed E-state index contributed by atoms with van der Waals surface area (Å²) in [6.45, 7) is 5.51. The number of carbonyl (C=O) groups is 1. The Labute approximate surface area is 99.8 Å². The van der Waals surface area contributed by atoms with Crippen molar-refractivity contribution in [1.82, 2.24) is 0 Å². The monoisotopic (exact) mass is 243 g/mol. The van der Waals surface area contributed by atoms with Crippen molar-refractivity contribution in [3.05, 3.63) is 29.6 Å². The van der Waals surface area contributed by atoms with E-state index in [9.17, 15) is 9.18 Å². The maximum Gasteiger partial charge on any atom is 0.244 e. The van der Waals surface area contributed by atoms with Gasteiger partial charge < -0.3 is 5.32 Å². The summed E-state index contributed by atoms with van der Waals surface area (Å²) >= 11 is 5.45. The quantitative estimate of drug-likeness (QED) is 0.822. The minimum Gasteiger partial charge on any atom is -0.372 e. The molecule has 1 aromatic rings. The molecule has 0 aliphatic heterocycles. The van der Waals surface area contributed by atoms with Crippen molar-refractivity contribution in [2.24, 2.45) is 5.92 Å². The topological polar surface area (TPSA) is 29.1 Å². The third-order valence-electron chi connectivity index (χ3n) is 2.35. The van der Waals surface area contributed by atoms with Crippen LogP contribution in [0.5, 0.6) is 0 Å². The first-order valence-electron chi connectivity index (χ1n) is 5.14. The van der Waals surface area contributed by atoms with E-state index in [1.807, 2.05) is 13.8 Å². The van der Waals surface area contributed by atoms with Crippen LogP contribution in [0.2, 0.25) is 0 Å². The SMILES string of the molecule is Cc1ccc(NC(C(=O)Cl)C(C)C)c(F)c1. The number of hydrogen-bond acceptors (Lipinski definition) is 2. The Hall–Kier alpha value is -1.09. The van der Waals surface area contributed by atoms with Gasteiger partial charge in [0.1, 0.15) is 11.9 Å². The molecule has 1 aromatic carbocycles. The van der Waals surface area contributed by atoms with Gasteiger partial charge in [-0.15, -0.1) is 0 Å². The molecule has 0 fully saturated rings. The summed E-state index contributed by atoms with van der Waals surface area (Å²) < 4.78 is 13.5. The van der Waals surface area contributed by atoms with Crippen LogP contribution in [-0.4, -0.2) is 11.3 Å². The molecule has 0 saturated heterocycles. The Bertz CT molecular complexity index is 393. The molecular weight excluding hydrogens is 229 g/mol. The second kappa shape index (κ2) is 5.30. The Morgan fingerprint density at radius 2 is 2.06 bits per heavy atom. The van der Waals surface area contributed by atoms with Crippen molar-refractivity contribution in [1.29, 1.82) is 0 Å². The fourth-order valence-corrected chi connectivity index (χ4v) is 1.70. The summed E-state index contributed by atoms with van der Waals surface area (Å²) in [5, 5.41) is 2.31. The molecule has 2 nitrogen and oxygen atoms in total. The smallest absolute Gasteiger partial charge is 0.244 e. The average Bonchev–Trinajstić information content (AvgIpc) is 2.15. The van der Waals surface area contributed by atoms with Gasteiger partial charge in [-0.25, -0.2) is 4.39 Å². The average molecular weight is 244 g/mol. The summed E-state index contributed by atoms with van der Waals surface area (Å²) in [5.74, 6) is -0.366. The zero-order chi connectivity index (χ0) is 12.3. The molecule has 0 heterocycles. The molecule has 1 atom stereocenters. The van der Waals surface area contributed by atoms with E-state index in [0.29, 0.717) is 5.69 Å². The highest BCUT2D eigenvalue weighted by Gasteiger charge is 2.21. The summed E-state index contributed by atoms with van der Waals surface area (Å²) in [7, 11) is 0. The van der Waals surface area contributed by atoms with E-state index in [-0.39, 0.29) is 11.7 Å². The van der Waals surface area contributed by atoms with Crippen molar-refractivity contribution in [2.45, 2.75) is 26.8 Å². The Balaban J connectivity index is 2.90. The van der Waals surface area contributed by atoms with E-state index in [2.05, 4.69) is 5.32 Å². The molecule has 4 heteroatoms. The van der Waals surface area contributed by atoms with Gasteiger partial charge in [-0.05, 0) is 42.1 Å². The minimum absolute atomic E-state index is 0.00528. The maximum absolute atomic E-state index is 13.5. The van der Waals surface area contributed by atoms with Crippen LogP contribution in [0.25, 0.3) is 0 Å². The molecule has 0 bridgehead atoms. The lowest BCUT2D eigenvalue weighted by Gasteiger charge is -2.19. The molecule has 0 radical (unpaired) electrons. The summed E-state index contributed by atoms with van der Waals surface area (Å²) in [6.07, 6.45) is 0. The zero-order valence-electron chi connectivity index (χ0n) is 9.55. The number of carbonyl (C=O) groups excluding carboxylic acids is 1. The van der Waals surface area contributed by atoms with Gasteiger partial charge in [0.05, 0.1) is 5.69 Å². The van der Waals surface area contributed by atoms with E-state index in [1.165, 1.54) is 6.07 Å². The molecule has 0 saturated carbocycles. The normalized spacial score (nSPS) is 12.6. The second-order valence-corrected chi connectivity index (χ2v) is 4.53. The first-order chi connectivity index (χ1) is 7.41. The predicted molar refractivity (Wildman–Crippen MR) is 64.2 cm³/mol. The molecule has 0 aromatic heterocycles. The van der Waals surface area contributed by atoms with Gasteiger partial charge in [-0.1, -0.05) is 19.9 Å². The fraction of sp³-hybridized carbons (Fsp3) is 0.417. The molecule has 0 aliphatic rings. The molecule has 0 aliphatic carbocycles. The van der Waals surface area contributed by atoms with Crippen molar-refractivity contribution in [3.63, 3.8) is 0 Å². The van der Waals surface area contributed by atoms with Crippen LogP contribution in [0.3, 0.4) is 0 Å². The van der Waals surface area contributed by atoms with Crippen molar-refractivity contribution in [2.75, 3.05) is 5.32 Å². The van der Waals surface area contributed by atoms with Crippen LogP contribution in [0.1, 0.15) is 19.4 Å². The number of rotatable bonds is 4. The number of aryl methyl sites for hydroxylation is 1. The highest BCUT2D eigenvalue weighted by molar-refractivity contribution is 6.65. The molecule has 0 amide bonds. The highest BCUT2D eigenvalue weighted by Crippen LogP contribution is 2.19. The molecule has 1 unspecified atom stereocenters. The molecule has 1 rings (SSSR count). The summed E-state index contributed by atoms with van der Waals surface area (Å²) in [6, 6.07) is 4.23. The second-order valence-electron chi connectivity index (χ2n) is 4.15. The Kier molecular flexibility index (Phi) is 4.30. The van der Waals surface area contributed by atoms with Gasteiger partial charge in [0.2, 0.25) is 5.24 Å². The largest absolute Gasteiger partial charge is 0.372 e. The van der Waals surface area contributed by atoms with Gasteiger partial charge in [0.25, 0.3) is 0 Å². The van der Waals surface area contributed by atoms with Gasteiger partial charge >= 0.3 is 0 Å². The number of halogens is 2. The molecule has 0 spiro atoms. The Morgan fingerprint density at radius 1 is 1.44 bits per heavy atom. The van der Waals surface area contributed by atoms with Gasteiger partial charge in [-0.3, -0.25) is 4.79 Å². The lowest BCUT2D eigenvalue weighted by atomic mass is 10.1. The molecular formula is C12H15ClFNO. The van der Waals surface area contributed by atoms with Crippen LogP contribution in [0.15, 0.2) is 18.2 Å². The van der Waals surface area contributed by atoms with Gasteiger partial charge in [-0.2, -0.15) is 0 Å².